The number of allylic oxidation sites excluding steroid dienone is 3. The monoisotopic (exact) mass is 349 g/mol. The van der Waals surface area contributed by atoms with Gasteiger partial charge in [0, 0.05) is 13.5 Å². The van der Waals surface area contributed by atoms with Crippen LogP contribution < -0.4 is 4.74 Å². The van der Waals surface area contributed by atoms with Crippen molar-refractivity contribution in [3.8, 4) is 5.75 Å². The Morgan fingerprint density at radius 1 is 1.04 bits per heavy atom. The van der Waals surface area contributed by atoms with Crippen LogP contribution in [0.3, 0.4) is 0 Å². The summed E-state index contributed by atoms with van der Waals surface area (Å²) in [6.07, 6.45) is 8.54. The van der Waals surface area contributed by atoms with E-state index in [2.05, 4.69) is 23.2 Å². The molecule has 2 aromatic rings. The van der Waals surface area contributed by atoms with Crippen LogP contribution in [0, 0.1) is 0 Å². The first-order valence-corrected chi connectivity index (χ1v) is 8.54. The summed E-state index contributed by atoms with van der Waals surface area (Å²) in [5, 5.41) is 0. The molecule has 0 fully saturated rings. The highest BCUT2D eigenvalue weighted by Crippen LogP contribution is 2.11. The van der Waals surface area contributed by atoms with Crippen LogP contribution in [-0.2, 0) is 11.2 Å². The molecule has 0 aliphatic carbocycles. The molecule has 3 heteroatoms. The van der Waals surface area contributed by atoms with Gasteiger partial charge in [-0.05, 0) is 49.3 Å². The Kier molecular flexibility index (Phi) is 10.1. The zero-order valence-electron chi connectivity index (χ0n) is 16.0. The van der Waals surface area contributed by atoms with Crippen molar-refractivity contribution in [1.29, 1.82) is 0 Å². The van der Waals surface area contributed by atoms with Crippen LogP contribution in [0.4, 0.5) is 0 Å². The van der Waals surface area contributed by atoms with Crippen LogP contribution in [0.5, 0.6) is 5.75 Å². The minimum Gasteiger partial charge on any atom is -0.497 e. The standard InChI is InChI=1S/C13H15N.C10H12O2/c1-3-7-13(14-2)11-10-12-8-5-4-6-9-12;1-8(11)7-9-3-5-10(12-2)6-4-9/h3-11H,1-2H3;3-6H,7H2,1-2H3/b7-3-,11-10+,14-13?;. The predicted octanol–water partition coefficient (Wildman–Crippen LogP) is 5.17. The number of rotatable bonds is 6. The number of aliphatic imine (C=N–C) groups is 1. The molecular formula is C23H27NO2. The third kappa shape index (κ3) is 8.78. The molecule has 0 radical (unpaired) electrons. The molecule has 3 nitrogen and oxygen atoms in total. The number of hydrogen-bond donors (Lipinski definition) is 0. The van der Waals surface area contributed by atoms with E-state index in [-0.39, 0.29) is 5.78 Å². The van der Waals surface area contributed by atoms with Gasteiger partial charge in [-0.3, -0.25) is 9.79 Å². The SMILES string of the molecule is C/C=C\C(/C=C/c1ccccc1)=NC.COc1ccc(CC(C)=O)cc1. The van der Waals surface area contributed by atoms with E-state index in [9.17, 15) is 4.79 Å². The van der Waals surface area contributed by atoms with E-state index in [1.165, 1.54) is 5.56 Å². The highest BCUT2D eigenvalue weighted by molar-refractivity contribution is 6.06. The minimum absolute atomic E-state index is 0.181. The van der Waals surface area contributed by atoms with Gasteiger partial charge in [-0.2, -0.15) is 0 Å². The highest BCUT2D eigenvalue weighted by Gasteiger charge is 1.97. The third-order valence-electron chi connectivity index (χ3n) is 3.45. The lowest BCUT2D eigenvalue weighted by Crippen LogP contribution is -1.95. The molecule has 0 aromatic heterocycles. The van der Waals surface area contributed by atoms with Crippen molar-refractivity contribution in [1.82, 2.24) is 0 Å². The largest absolute Gasteiger partial charge is 0.497 e. The summed E-state index contributed by atoms with van der Waals surface area (Å²) in [7, 11) is 3.42. The molecule has 2 aromatic carbocycles. The fourth-order valence-corrected chi connectivity index (χ4v) is 2.15. The molecule has 0 spiro atoms. The lowest BCUT2D eigenvalue weighted by atomic mass is 10.1. The van der Waals surface area contributed by atoms with E-state index in [4.69, 9.17) is 4.74 Å². The molecule has 26 heavy (non-hydrogen) atoms. The number of methoxy groups -OCH3 is 1. The summed E-state index contributed by atoms with van der Waals surface area (Å²) in [4.78, 5) is 14.9. The minimum atomic E-state index is 0.181. The number of carbonyl (C=O) groups excluding carboxylic acids is 1. The molecule has 0 bridgehead atoms. The predicted molar refractivity (Wildman–Crippen MR) is 111 cm³/mol. The van der Waals surface area contributed by atoms with Crippen molar-refractivity contribution < 1.29 is 9.53 Å². The molecule has 0 saturated heterocycles. The number of hydrogen-bond acceptors (Lipinski definition) is 3. The molecule has 0 aliphatic rings. The molecule has 0 saturated carbocycles. The Morgan fingerprint density at radius 3 is 2.19 bits per heavy atom. The Labute approximate surface area is 156 Å². The summed E-state index contributed by atoms with van der Waals surface area (Å²) >= 11 is 0. The van der Waals surface area contributed by atoms with Crippen LogP contribution >= 0.6 is 0 Å². The van der Waals surface area contributed by atoms with Gasteiger partial charge in [0.05, 0.1) is 12.8 Å². The summed E-state index contributed by atoms with van der Waals surface area (Å²) < 4.78 is 4.99. The zero-order valence-corrected chi connectivity index (χ0v) is 16.0. The maximum absolute atomic E-state index is 10.7. The van der Waals surface area contributed by atoms with Crippen LogP contribution in [0.15, 0.2) is 77.8 Å². The molecule has 0 unspecified atom stereocenters. The lowest BCUT2D eigenvalue weighted by molar-refractivity contribution is -0.116. The molecule has 136 valence electrons. The molecule has 2 rings (SSSR count). The molecule has 0 aliphatic heterocycles. The van der Waals surface area contributed by atoms with E-state index in [0.717, 1.165) is 17.0 Å². The van der Waals surface area contributed by atoms with Crippen molar-refractivity contribution in [2.24, 2.45) is 4.99 Å². The Morgan fingerprint density at radius 2 is 1.69 bits per heavy atom. The van der Waals surface area contributed by atoms with Crippen LogP contribution in [-0.4, -0.2) is 25.7 Å². The van der Waals surface area contributed by atoms with Gasteiger partial charge in [-0.25, -0.2) is 0 Å². The van der Waals surface area contributed by atoms with Crippen LogP contribution in [0.1, 0.15) is 25.0 Å². The second-order valence-corrected chi connectivity index (χ2v) is 5.62. The van der Waals surface area contributed by atoms with E-state index in [1.807, 2.05) is 67.6 Å². The first kappa shape index (κ1) is 21.1. The van der Waals surface area contributed by atoms with Gasteiger partial charge >= 0.3 is 0 Å². The fraction of sp³-hybridized carbons (Fsp3) is 0.217. The maximum Gasteiger partial charge on any atom is 0.134 e. The van der Waals surface area contributed by atoms with Gasteiger partial charge in [0.1, 0.15) is 11.5 Å². The summed E-state index contributed by atoms with van der Waals surface area (Å²) in [6.45, 7) is 3.58. The summed E-state index contributed by atoms with van der Waals surface area (Å²) in [5.74, 6) is 1.00. The number of nitrogens with zero attached hydrogens (tertiary/aromatic N) is 1. The van der Waals surface area contributed by atoms with Crippen molar-refractivity contribution >= 4 is 17.6 Å². The first-order chi connectivity index (χ1) is 12.6. The molecule has 0 amide bonds. The van der Waals surface area contributed by atoms with Gasteiger partial charge in [0.25, 0.3) is 0 Å². The Balaban J connectivity index is 0.000000263. The summed E-state index contributed by atoms with van der Waals surface area (Å²) in [6, 6.07) is 17.7. The molecule has 0 atom stereocenters. The first-order valence-electron chi connectivity index (χ1n) is 8.54. The second-order valence-electron chi connectivity index (χ2n) is 5.62. The quantitative estimate of drug-likeness (QED) is 0.675. The second kappa shape index (κ2) is 12.4. The molecule has 0 N–H and O–H groups in total. The van der Waals surface area contributed by atoms with Gasteiger partial charge in [0.2, 0.25) is 0 Å². The number of carbonyl (C=O) groups is 1. The van der Waals surface area contributed by atoms with E-state index in [1.54, 1.807) is 21.1 Å². The van der Waals surface area contributed by atoms with Gasteiger partial charge < -0.3 is 4.74 Å². The topological polar surface area (TPSA) is 38.7 Å². The van der Waals surface area contributed by atoms with Gasteiger partial charge in [-0.15, -0.1) is 0 Å². The third-order valence-corrected chi connectivity index (χ3v) is 3.45. The highest BCUT2D eigenvalue weighted by atomic mass is 16.5. The Bertz CT molecular complexity index is 742. The van der Waals surface area contributed by atoms with Gasteiger partial charge in [0.15, 0.2) is 0 Å². The maximum atomic E-state index is 10.7. The van der Waals surface area contributed by atoms with Crippen LogP contribution in [0.2, 0.25) is 0 Å². The number of ether oxygens (including phenoxy) is 1. The normalized spacial score (nSPS) is 11.3. The van der Waals surface area contributed by atoms with Crippen LogP contribution in [0.25, 0.3) is 6.08 Å². The van der Waals surface area contributed by atoms with Crippen molar-refractivity contribution in [2.45, 2.75) is 20.3 Å². The average Bonchev–Trinajstić information content (AvgIpc) is 2.66. The molecule has 0 heterocycles. The number of Topliss-reactive ketones (excluding diaryl/α,β-unsaturated/α-hetero) is 1. The number of benzene rings is 2. The van der Waals surface area contributed by atoms with Crippen molar-refractivity contribution in [3.05, 3.63) is 84.0 Å². The lowest BCUT2D eigenvalue weighted by Gasteiger charge is -2.00. The molecular weight excluding hydrogens is 322 g/mol. The smallest absolute Gasteiger partial charge is 0.134 e. The zero-order chi connectivity index (χ0) is 19.2. The summed E-state index contributed by atoms with van der Waals surface area (Å²) in [5.41, 5.74) is 3.21. The average molecular weight is 349 g/mol. The Hall–Kier alpha value is -2.94. The fourth-order valence-electron chi connectivity index (χ4n) is 2.15. The van der Waals surface area contributed by atoms with Gasteiger partial charge in [-0.1, -0.05) is 54.6 Å². The van der Waals surface area contributed by atoms with E-state index < -0.39 is 0 Å². The van der Waals surface area contributed by atoms with Crippen molar-refractivity contribution in [2.75, 3.05) is 14.2 Å². The van der Waals surface area contributed by atoms with Crippen molar-refractivity contribution in [3.63, 3.8) is 0 Å². The van der Waals surface area contributed by atoms with E-state index in [0.29, 0.717) is 6.42 Å². The number of ketones is 1. The van der Waals surface area contributed by atoms with E-state index >= 15 is 0 Å².